The summed E-state index contributed by atoms with van der Waals surface area (Å²) in [5.74, 6) is 14.9. The molecule has 16 heavy (non-hydrogen) atoms. The van der Waals surface area contributed by atoms with Crippen LogP contribution >= 0.6 is 0 Å². The van der Waals surface area contributed by atoms with Gasteiger partial charge in [-0.15, -0.1) is 0 Å². The number of carbonyl (C=O) groups is 1. The maximum absolute atomic E-state index is 11.5. The third kappa shape index (κ3) is 2.78. The highest BCUT2D eigenvalue weighted by Gasteiger charge is 2.20. The Labute approximate surface area is 93.1 Å². The zero-order valence-electron chi connectivity index (χ0n) is 8.79. The zero-order valence-corrected chi connectivity index (χ0v) is 8.79. The molecule has 0 saturated heterocycles. The number of amides is 1. The number of carbonyl (C=O) groups excluding carboxylic acids is 1. The molecule has 6 N–H and O–H groups in total. The van der Waals surface area contributed by atoms with Crippen molar-refractivity contribution >= 4 is 18.5 Å². The molecule has 0 radical (unpaired) electrons. The fraction of sp³-hybridized carbons (Fsp3) is 0.125. The Kier molecular flexibility index (Phi) is 4.41. The van der Waals surface area contributed by atoms with Crippen molar-refractivity contribution in [1.29, 1.82) is 0 Å². The van der Waals surface area contributed by atoms with E-state index in [-0.39, 0.29) is 5.91 Å². The SMILES string of the molecule is CN(N)C(=O)c1ccc(B(ON)ON)cc1. The van der Waals surface area contributed by atoms with Gasteiger partial charge in [0, 0.05) is 12.6 Å². The lowest BCUT2D eigenvalue weighted by molar-refractivity contribution is 0.0795. The van der Waals surface area contributed by atoms with Crippen LogP contribution in [0.3, 0.4) is 0 Å². The van der Waals surface area contributed by atoms with Crippen LogP contribution in [0, 0.1) is 0 Å². The van der Waals surface area contributed by atoms with Crippen molar-refractivity contribution in [2.75, 3.05) is 7.05 Å². The molecule has 0 heterocycles. The van der Waals surface area contributed by atoms with E-state index in [0.717, 1.165) is 5.01 Å². The molecule has 1 aromatic carbocycles. The van der Waals surface area contributed by atoms with Crippen LogP contribution in [0.25, 0.3) is 0 Å². The summed E-state index contributed by atoms with van der Waals surface area (Å²) in [7, 11) is 0.602. The fourth-order valence-electron chi connectivity index (χ4n) is 1.18. The van der Waals surface area contributed by atoms with Crippen molar-refractivity contribution in [3.05, 3.63) is 29.8 Å². The van der Waals surface area contributed by atoms with E-state index in [1.165, 1.54) is 7.05 Å². The average molecular weight is 224 g/mol. The molecule has 7 nitrogen and oxygen atoms in total. The van der Waals surface area contributed by atoms with Gasteiger partial charge in [-0.25, -0.2) is 17.6 Å². The van der Waals surface area contributed by atoms with Gasteiger partial charge in [-0.3, -0.25) is 9.80 Å². The topological polar surface area (TPSA) is 117 Å². The number of hydrogen-bond donors (Lipinski definition) is 3. The Balaban J connectivity index is 2.86. The van der Waals surface area contributed by atoms with E-state index in [1.807, 2.05) is 0 Å². The molecule has 0 aliphatic carbocycles. The maximum Gasteiger partial charge on any atom is 0.527 e. The summed E-state index contributed by atoms with van der Waals surface area (Å²) in [4.78, 5) is 11.5. The minimum Gasteiger partial charge on any atom is -0.324 e. The van der Waals surface area contributed by atoms with Gasteiger partial charge >= 0.3 is 7.12 Å². The minimum atomic E-state index is -0.861. The van der Waals surface area contributed by atoms with E-state index < -0.39 is 7.12 Å². The average Bonchev–Trinajstić information content (AvgIpc) is 2.30. The molecule has 0 atom stereocenters. The number of benzene rings is 1. The summed E-state index contributed by atoms with van der Waals surface area (Å²) in [5, 5.41) is 0.991. The predicted molar refractivity (Wildman–Crippen MR) is 58.7 cm³/mol. The van der Waals surface area contributed by atoms with Crippen molar-refractivity contribution in [3.8, 4) is 0 Å². The molecule has 8 heteroatoms. The second kappa shape index (κ2) is 5.59. The normalized spacial score (nSPS) is 10.0. The van der Waals surface area contributed by atoms with Crippen molar-refractivity contribution in [2.45, 2.75) is 0 Å². The van der Waals surface area contributed by atoms with Crippen molar-refractivity contribution in [1.82, 2.24) is 5.01 Å². The number of hydrazine groups is 1. The first-order valence-corrected chi connectivity index (χ1v) is 4.44. The zero-order chi connectivity index (χ0) is 12.1. The molecule has 86 valence electrons. The molecule has 1 rings (SSSR count). The summed E-state index contributed by atoms with van der Waals surface area (Å²) in [6, 6.07) is 6.38. The highest BCUT2D eigenvalue weighted by atomic mass is 16.7. The van der Waals surface area contributed by atoms with Crippen LogP contribution < -0.4 is 23.1 Å². The summed E-state index contributed by atoms with van der Waals surface area (Å²) in [6.45, 7) is 0. The van der Waals surface area contributed by atoms with Crippen LogP contribution in [0.15, 0.2) is 24.3 Å². The van der Waals surface area contributed by atoms with E-state index in [1.54, 1.807) is 24.3 Å². The van der Waals surface area contributed by atoms with E-state index in [4.69, 9.17) is 17.6 Å². The van der Waals surface area contributed by atoms with E-state index in [2.05, 4.69) is 9.51 Å². The quantitative estimate of drug-likeness (QED) is 0.238. The van der Waals surface area contributed by atoms with Gasteiger partial charge in [0.2, 0.25) is 0 Å². The lowest BCUT2D eigenvalue weighted by Gasteiger charge is -2.11. The summed E-state index contributed by atoms with van der Waals surface area (Å²) in [6.07, 6.45) is 0. The first kappa shape index (κ1) is 12.6. The van der Waals surface area contributed by atoms with Crippen LogP contribution in [0.4, 0.5) is 0 Å². The first-order valence-electron chi connectivity index (χ1n) is 4.44. The first-order chi connectivity index (χ1) is 7.60. The predicted octanol–water partition coefficient (Wildman–Crippen LogP) is -1.89. The lowest BCUT2D eigenvalue weighted by Crippen LogP contribution is -2.41. The standard InChI is InChI=1S/C8H13BN4O3/c1-13(10)8(14)6-2-4-7(5-3-6)9(15-11)16-12/h2-5H,10-12H2,1H3. The van der Waals surface area contributed by atoms with Gasteiger partial charge in [-0.1, -0.05) is 12.1 Å². The Morgan fingerprint density at radius 1 is 1.25 bits per heavy atom. The molecule has 0 saturated carbocycles. The van der Waals surface area contributed by atoms with Gasteiger partial charge in [-0.2, -0.15) is 0 Å². The number of rotatable bonds is 4. The Hall–Kier alpha value is -1.45. The van der Waals surface area contributed by atoms with Crippen LogP contribution in [0.1, 0.15) is 10.4 Å². The number of hydrogen-bond acceptors (Lipinski definition) is 6. The van der Waals surface area contributed by atoms with Gasteiger partial charge in [0.1, 0.15) is 0 Å². The van der Waals surface area contributed by atoms with E-state index in [0.29, 0.717) is 11.0 Å². The van der Waals surface area contributed by atoms with Crippen molar-refractivity contribution in [3.63, 3.8) is 0 Å². The molecule has 1 amide bonds. The highest BCUT2D eigenvalue weighted by molar-refractivity contribution is 6.61. The Bertz CT molecular complexity index is 353. The van der Waals surface area contributed by atoms with Gasteiger partial charge in [-0.05, 0) is 17.6 Å². The third-order valence-corrected chi connectivity index (χ3v) is 2.00. The van der Waals surface area contributed by atoms with Crippen LogP contribution in [0.5, 0.6) is 0 Å². The molecule has 1 aromatic rings. The highest BCUT2D eigenvalue weighted by Crippen LogP contribution is 2.00. The minimum absolute atomic E-state index is 0.301. The third-order valence-electron chi connectivity index (χ3n) is 2.00. The molecular formula is C8H13BN4O3. The van der Waals surface area contributed by atoms with Crippen molar-refractivity contribution < 1.29 is 14.3 Å². The second-order valence-electron chi connectivity index (χ2n) is 3.14. The summed E-state index contributed by atoms with van der Waals surface area (Å²) < 4.78 is 8.93. The van der Waals surface area contributed by atoms with Gasteiger partial charge < -0.3 is 9.51 Å². The molecule has 0 aliphatic heterocycles. The van der Waals surface area contributed by atoms with Crippen LogP contribution in [-0.4, -0.2) is 25.1 Å². The molecule has 0 aliphatic rings. The smallest absolute Gasteiger partial charge is 0.324 e. The Morgan fingerprint density at radius 2 is 1.75 bits per heavy atom. The molecular weight excluding hydrogens is 211 g/mol. The fourth-order valence-corrected chi connectivity index (χ4v) is 1.18. The van der Waals surface area contributed by atoms with Crippen LogP contribution in [-0.2, 0) is 9.51 Å². The van der Waals surface area contributed by atoms with Gasteiger partial charge in [0.15, 0.2) is 0 Å². The van der Waals surface area contributed by atoms with Crippen LogP contribution in [0.2, 0.25) is 0 Å². The number of nitrogens with zero attached hydrogens (tertiary/aromatic N) is 1. The van der Waals surface area contributed by atoms with Gasteiger partial charge in [0.25, 0.3) is 5.91 Å². The monoisotopic (exact) mass is 224 g/mol. The maximum atomic E-state index is 11.5. The molecule has 0 bridgehead atoms. The Morgan fingerprint density at radius 3 is 2.12 bits per heavy atom. The summed E-state index contributed by atoms with van der Waals surface area (Å²) >= 11 is 0. The largest absolute Gasteiger partial charge is 0.527 e. The second-order valence-corrected chi connectivity index (χ2v) is 3.14. The molecule has 0 spiro atoms. The summed E-state index contributed by atoms with van der Waals surface area (Å²) in [5.41, 5.74) is 1.04. The van der Waals surface area contributed by atoms with E-state index >= 15 is 0 Å². The molecule has 0 aromatic heterocycles. The van der Waals surface area contributed by atoms with E-state index in [9.17, 15) is 4.79 Å². The number of nitrogens with two attached hydrogens (primary N) is 3. The molecule has 0 unspecified atom stereocenters. The molecule has 0 fully saturated rings. The van der Waals surface area contributed by atoms with Crippen molar-refractivity contribution in [2.24, 2.45) is 17.6 Å². The lowest BCUT2D eigenvalue weighted by atomic mass is 9.79. The van der Waals surface area contributed by atoms with Gasteiger partial charge in [0.05, 0.1) is 0 Å².